The van der Waals surface area contributed by atoms with Crippen LogP contribution in [0.3, 0.4) is 0 Å². The number of nitrogens with zero attached hydrogens (tertiary/aromatic N) is 1. The van der Waals surface area contributed by atoms with E-state index in [9.17, 15) is 0 Å². The third-order valence-corrected chi connectivity index (χ3v) is 5.11. The van der Waals surface area contributed by atoms with Crippen LogP contribution in [0, 0.1) is 0 Å². The molecule has 1 aliphatic carbocycles. The second-order valence-electron chi connectivity index (χ2n) is 5.18. The van der Waals surface area contributed by atoms with Crippen molar-refractivity contribution in [1.29, 1.82) is 0 Å². The van der Waals surface area contributed by atoms with Crippen LogP contribution >= 0.6 is 15.9 Å². The van der Waals surface area contributed by atoms with Crippen molar-refractivity contribution in [2.24, 2.45) is 0 Å². The Hall–Kier alpha value is -0.890. The summed E-state index contributed by atoms with van der Waals surface area (Å²) in [7, 11) is 0. The molecule has 2 aromatic rings. The molecule has 3 rings (SSSR count). The van der Waals surface area contributed by atoms with E-state index in [1.807, 2.05) is 12.3 Å². The molecule has 1 saturated carbocycles. The highest BCUT2D eigenvalue weighted by Crippen LogP contribution is 2.38. The first-order valence-corrected chi connectivity index (χ1v) is 7.75. The molecule has 1 nitrogen and oxygen atoms in total. The molecule has 1 aromatic carbocycles. The smallest absolute Gasteiger partial charge is 0.0704 e. The van der Waals surface area contributed by atoms with Crippen molar-refractivity contribution < 1.29 is 0 Å². The van der Waals surface area contributed by atoms with Gasteiger partial charge >= 0.3 is 0 Å². The molecule has 2 unspecified atom stereocenters. The zero-order valence-corrected chi connectivity index (χ0v) is 12.1. The van der Waals surface area contributed by atoms with Crippen LogP contribution in [-0.2, 0) is 0 Å². The molecule has 0 spiro atoms. The lowest BCUT2D eigenvalue weighted by Gasteiger charge is -2.21. The molecule has 18 heavy (non-hydrogen) atoms. The highest BCUT2D eigenvalue weighted by atomic mass is 79.9. The predicted octanol–water partition coefficient (Wildman–Crippen LogP) is 5.05. The van der Waals surface area contributed by atoms with E-state index in [4.69, 9.17) is 0 Å². The molecule has 0 amide bonds. The van der Waals surface area contributed by atoms with E-state index in [0.717, 1.165) is 5.52 Å². The lowest BCUT2D eigenvalue weighted by molar-refractivity contribution is 0.616. The number of aromatic nitrogens is 1. The van der Waals surface area contributed by atoms with Crippen LogP contribution in [-0.4, -0.2) is 9.81 Å². The van der Waals surface area contributed by atoms with E-state index in [2.05, 4.69) is 45.2 Å². The summed E-state index contributed by atoms with van der Waals surface area (Å²) in [6.45, 7) is 0. The maximum absolute atomic E-state index is 4.47. The molecule has 2 atom stereocenters. The van der Waals surface area contributed by atoms with Gasteiger partial charge in [-0.05, 0) is 36.5 Å². The molecule has 94 valence electrons. The third-order valence-electron chi connectivity index (χ3n) is 4.01. The summed E-state index contributed by atoms with van der Waals surface area (Å²) in [4.78, 5) is 5.09. The largest absolute Gasteiger partial charge is 0.256 e. The zero-order valence-electron chi connectivity index (χ0n) is 10.5. The predicted molar refractivity (Wildman–Crippen MR) is 80.3 cm³/mol. The average Bonchev–Trinajstić information content (AvgIpc) is 2.63. The molecule has 1 aromatic heterocycles. The summed E-state index contributed by atoms with van der Waals surface area (Å²) in [6, 6.07) is 10.8. The molecular formula is C16H18BrN. The normalized spacial score (nSPS) is 24.9. The van der Waals surface area contributed by atoms with E-state index in [1.165, 1.54) is 43.1 Å². The Labute approximate surface area is 117 Å². The quantitative estimate of drug-likeness (QED) is 0.531. The Morgan fingerprint density at radius 1 is 1.00 bits per heavy atom. The lowest BCUT2D eigenvalue weighted by atomic mass is 9.89. The van der Waals surface area contributed by atoms with Crippen molar-refractivity contribution in [3.05, 3.63) is 42.1 Å². The van der Waals surface area contributed by atoms with Gasteiger partial charge in [0.05, 0.1) is 5.52 Å². The van der Waals surface area contributed by atoms with Gasteiger partial charge in [-0.3, -0.25) is 4.98 Å². The summed E-state index contributed by atoms with van der Waals surface area (Å²) in [6.07, 6.45) is 8.55. The van der Waals surface area contributed by atoms with Crippen LogP contribution in [0.25, 0.3) is 10.9 Å². The van der Waals surface area contributed by atoms with Crippen molar-refractivity contribution in [2.45, 2.75) is 42.8 Å². The van der Waals surface area contributed by atoms with Gasteiger partial charge in [0.2, 0.25) is 0 Å². The maximum Gasteiger partial charge on any atom is 0.0704 e. The van der Waals surface area contributed by atoms with Crippen molar-refractivity contribution in [3.8, 4) is 0 Å². The van der Waals surface area contributed by atoms with Crippen LogP contribution < -0.4 is 0 Å². The zero-order chi connectivity index (χ0) is 12.4. The van der Waals surface area contributed by atoms with Crippen LogP contribution in [0.1, 0.15) is 43.6 Å². The van der Waals surface area contributed by atoms with Crippen LogP contribution in [0.15, 0.2) is 36.5 Å². The SMILES string of the molecule is BrC1CCCCCC1c1cccc2ncccc12. The molecule has 1 aliphatic rings. The summed E-state index contributed by atoms with van der Waals surface area (Å²) in [5, 5.41) is 1.33. The Morgan fingerprint density at radius 3 is 2.83 bits per heavy atom. The number of pyridine rings is 1. The minimum atomic E-state index is 0.616. The van der Waals surface area contributed by atoms with Gasteiger partial charge in [0.25, 0.3) is 0 Å². The van der Waals surface area contributed by atoms with E-state index in [1.54, 1.807) is 0 Å². The van der Waals surface area contributed by atoms with Crippen LogP contribution in [0.4, 0.5) is 0 Å². The minimum absolute atomic E-state index is 0.616. The van der Waals surface area contributed by atoms with Crippen molar-refractivity contribution in [1.82, 2.24) is 4.98 Å². The summed E-state index contributed by atoms with van der Waals surface area (Å²) in [5.74, 6) is 0.639. The monoisotopic (exact) mass is 303 g/mol. The first-order valence-electron chi connectivity index (χ1n) is 6.84. The second-order valence-corrected chi connectivity index (χ2v) is 6.35. The van der Waals surface area contributed by atoms with Gasteiger partial charge < -0.3 is 0 Å². The third kappa shape index (κ3) is 2.31. The Balaban J connectivity index is 2.07. The van der Waals surface area contributed by atoms with Gasteiger partial charge in [0.15, 0.2) is 0 Å². The van der Waals surface area contributed by atoms with Crippen LogP contribution in [0.5, 0.6) is 0 Å². The Morgan fingerprint density at radius 2 is 1.89 bits per heavy atom. The average molecular weight is 304 g/mol. The summed E-state index contributed by atoms with van der Waals surface area (Å²) < 4.78 is 0. The van der Waals surface area contributed by atoms with E-state index in [0.29, 0.717) is 10.7 Å². The number of rotatable bonds is 1. The standard InChI is InChI=1S/C16H18BrN/c17-15-9-3-1-2-6-13(15)12-7-4-10-16-14(12)8-5-11-18-16/h4-5,7-8,10-11,13,15H,1-3,6,9H2. The molecule has 2 heteroatoms. The topological polar surface area (TPSA) is 12.9 Å². The molecule has 0 N–H and O–H groups in total. The van der Waals surface area contributed by atoms with Crippen molar-refractivity contribution in [2.75, 3.05) is 0 Å². The fourth-order valence-corrected chi connectivity index (χ4v) is 3.94. The van der Waals surface area contributed by atoms with Gasteiger partial charge in [0.1, 0.15) is 0 Å². The van der Waals surface area contributed by atoms with Gasteiger partial charge in [-0.15, -0.1) is 0 Å². The molecular weight excluding hydrogens is 286 g/mol. The molecule has 0 aliphatic heterocycles. The van der Waals surface area contributed by atoms with E-state index < -0.39 is 0 Å². The number of alkyl halides is 1. The fourth-order valence-electron chi connectivity index (χ4n) is 3.06. The second kappa shape index (κ2) is 5.40. The van der Waals surface area contributed by atoms with Crippen molar-refractivity contribution in [3.63, 3.8) is 0 Å². The van der Waals surface area contributed by atoms with E-state index in [-0.39, 0.29) is 0 Å². The van der Waals surface area contributed by atoms with Gasteiger partial charge in [-0.1, -0.05) is 53.4 Å². The van der Waals surface area contributed by atoms with Crippen molar-refractivity contribution >= 4 is 26.8 Å². The highest BCUT2D eigenvalue weighted by molar-refractivity contribution is 9.09. The number of halogens is 1. The molecule has 0 bridgehead atoms. The molecule has 1 heterocycles. The highest BCUT2D eigenvalue weighted by Gasteiger charge is 2.24. The number of fused-ring (bicyclic) bond motifs is 1. The number of benzene rings is 1. The lowest BCUT2D eigenvalue weighted by Crippen LogP contribution is -2.11. The minimum Gasteiger partial charge on any atom is -0.256 e. The summed E-state index contributed by atoms with van der Waals surface area (Å²) in [5.41, 5.74) is 2.60. The van der Waals surface area contributed by atoms with Gasteiger partial charge in [-0.2, -0.15) is 0 Å². The molecule has 0 radical (unpaired) electrons. The molecule has 1 fully saturated rings. The van der Waals surface area contributed by atoms with Crippen LogP contribution in [0.2, 0.25) is 0 Å². The van der Waals surface area contributed by atoms with E-state index >= 15 is 0 Å². The fraction of sp³-hybridized carbons (Fsp3) is 0.438. The maximum atomic E-state index is 4.47. The number of hydrogen-bond acceptors (Lipinski definition) is 1. The Kier molecular flexibility index (Phi) is 3.64. The van der Waals surface area contributed by atoms with Gasteiger partial charge in [0, 0.05) is 16.4 Å². The first-order chi connectivity index (χ1) is 8.86. The summed E-state index contributed by atoms with van der Waals surface area (Å²) >= 11 is 3.91. The first kappa shape index (κ1) is 12.2. The number of hydrogen-bond donors (Lipinski definition) is 0. The molecule has 0 saturated heterocycles. The Bertz CT molecular complexity index is 532. The van der Waals surface area contributed by atoms with Gasteiger partial charge in [-0.25, -0.2) is 0 Å².